The van der Waals surface area contributed by atoms with Crippen molar-refractivity contribution in [2.45, 2.75) is 39.2 Å². The molecule has 1 fully saturated rings. The first-order valence-corrected chi connectivity index (χ1v) is 7.31. The van der Waals surface area contributed by atoms with Crippen molar-refractivity contribution in [3.8, 4) is 0 Å². The van der Waals surface area contributed by atoms with E-state index in [9.17, 15) is 5.11 Å². The summed E-state index contributed by atoms with van der Waals surface area (Å²) in [4.78, 5) is 0. The average Bonchev–Trinajstić information content (AvgIpc) is 2.52. The minimum absolute atomic E-state index is 0.179. The van der Waals surface area contributed by atoms with E-state index >= 15 is 0 Å². The highest BCUT2D eigenvalue weighted by molar-refractivity contribution is 9.10. The summed E-state index contributed by atoms with van der Waals surface area (Å²) in [7, 11) is 0. The average molecular weight is 312 g/mol. The first-order valence-electron chi connectivity index (χ1n) is 6.52. The molecule has 2 rings (SSSR count). The van der Waals surface area contributed by atoms with Crippen LogP contribution in [0.2, 0.25) is 0 Å². The Morgan fingerprint density at radius 1 is 1.39 bits per heavy atom. The fraction of sp³-hybridized carbons (Fsp3) is 0.600. The lowest BCUT2D eigenvalue weighted by Gasteiger charge is -2.35. The van der Waals surface area contributed by atoms with E-state index < -0.39 is 0 Å². The van der Waals surface area contributed by atoms with Crippen LogP contribution in [0.3, 0.4) is 0 Å². The Labute approximate surface area is 118 Å². The minimum Gasteiger partial charge on any atom is -0.394 e. The molecule has 3 heteroatoms. The summed E-state index contributed by atoms with van der Waals surface area (Å²) in [5.41, 5.74) is 1.15. The van der Waals surface area contributed by atoms with Crippen LogP contribution < -0.4 is 5.32 Å². The van der Waals surface area contributed by atoms with Crippen molar-refractivity contribution in [1.29, 1.82) is 0 Å². The van der Waals surface area contributed by atoms with E-state index in [-0.39, 0.29) is 17.6 Å². The van der Waals surface area contributed by atoms with Gasteiger partial charge in [-0.15, -0.1) is 0 Å². The molecular formula is C15H22BrNO. The third-order valence-electron chi connectivity index (χ3n) is 4.14. The van der Waals surface area contributed by atoms with Gasteiger partial charge in [-0.1, -0.05) is 32.9 Å². The van der Waals surface area contributed by atoms with E-state index in [4.69, 9.17) is 0 Å². The lowest BCUT2D eigenvalue weighted by molar-refractivity contribution is 0.179. The molecular weight excluding hydrogens is 290 g/mol. The monoisotopic (exact) mass is 311 g/mol. The predicted molar refractivity (Wildman–Crippen MR) is 79.8 cm³/mol. The van der Waals surface area contributed by atoms with Crippen LogP contribution in [0.5, 0.6) is 0 Å². The second-order valence-corrected chi connectivity index (χ2v) is 7.22. The number of halogens is 1. The molecule has 0 spiro atoms. The first kappa shape index (κ1) is 13.9. The van der Waals surface area contributed by atoms with Gasteiger partial charge in [0, 0.05) is 10.2 Å². The van der Waals surface area contributed by atoms with Crippen LogP contribution in [0, 0.1) is 11.3 Å². The van der Waals surface area contributed by atoms with Crippen molar-refractivity contribution in [3.05, 3.63) is 28.7 Å². The predicted octanol–water partition coefficient (Wildman–Crippen LogP) is 4.05. The van der Waals surface area contributed by atoms with Gasteiger partial charge in [0.25, 0.3) is 0 Å². The molecule has 1 aliphatic rings. The van der Waals surface area contributed by atoms with Gasteiger partial charge in [-0.25, -0.2) is 0 Å². The Bertz CT molecular complexity index is 432. The lowest BCUT2D eigenvalue weighted by Crippen LogP contribution is -2.45. The summed E-state index contributed by atoms with van der Waals surface area (Å²) in [6.45, 7) is 6.97. The van der Waals surface area contributed by atoms with Gasteiger partial charge in [0.15, 0.2) is 0 Å². The molecule has 0 aromatic heterocycles. The van der Waals surface area contributed by atoms with Crippen LogP contribution in [0.25, 0.3) is 0 Å². The quantitative estimate of drug-likeness (QED) is 0.882. The van der Waals surface area contributed by atoms with Crippen LogP contribution in [0.15, 0.2) is 28.7 Å². The molecule has 2 atom stereocenters. The number of rotatable bonds is 3. The van der Waals surface area contributed by atoms with E-state index in [0.29, 0.717) is 5.92 Å². The van der Waals surface area contributed by atoms with Crippen molar-refractivity contribution in [2.75, 3.05) is 11.9 Å². The van der Waals surface area contributed by atoms with E-state index in [1.54, 1.807) is 0 Å². The number of hydrogen-bond acceptors (Lipinski definition) is 2. The molecule has 18 heavy (non-hydrogen) atoms. The van der Waals surface area contributed by atoms with E-state index in [2.05, 4.69) is 48.1 Å². The molecule has 0 aliphatic heterocycles. The third kappa shape index (κ3) is 2.57. The third-order valence-corrected chi connectivity index (χ3v) is 4.83. The van der Waals surface area contributed by atoms with Crippen LogP contribution >= 0.6 is 15.9 Å². The summed E-state index contributed by atoms with van der Waals surface area (Å²) in [5.74, 6) is 0.463. The van der Waals surface area contributed by atoms with Gasteiger partial charge in [-0.3, -0.25) is 0 Å². The molecule has 100 valence electrons. The van der Waals surface area contributed by atoms with Gasteiger partial charge >= 0.3 is 0 Å². The Morgan fingerprint density at radius 2 is 2.06 bits per heavy atom. The second kappa shape index (κ2) is 4.86. The highest BCUT2D eigenvalue weighted by atomic mass is 79.9. The van der Waals surface area contributed by atoms with Crippen LogP contribution in [0.4, 0.5) is 5.69 Å². The zero-order chi connectivity index (χ0) is 13.4. The molecule has 1 aromatic rings. The largest absolute Gasteiger partial charge is 0.394 e. The summed E-state index contributed by atoms with van der Waals surface area (Å²) in [6, 6.07) is 8.10. The zero-order valence-corrected chi connectivity index (χ0v) is 12.9. The summed E-state index contributed by atoms with van der Waals surface area (Å²) in [5, 5.41) is 13.5. The molecule has 1 saturated carbocycles. The van der Waals surface area contributed by atoms with Crippen molar-refractivity contribution >= 4 is 21.6 Å². The Morgan fingerprint density at radius 3 is 2.56 bits per heavy atom. The maximum absolute atomic E-state index is 9.89. The van der Waals surface area contributed by atoms with Gasteiger partial charge in [0.2, 0.25) is 0 Å². The minimum atomic E-state index is -0.201. The van der Waals surface area contributed by atoms with Crippen LogP contribution in [0.1, 0.15) is 33.6 Å². The van der Waals surface area contributed by atoms with Crippen molar-refractivity contribution in [3.63, 3.8) is 0 Å². The van der Waals surface area contributed by atoms with Gasteiger partial charge in [-0.05, 0) is 52.2 Å². The fourth-order valence-corrected chi connectivity index (χ4v) is 3.76. The molecule has 2 unspecified atom stereocenters. The summed E-state index contributed by atoms with van der Waals surface area (Å²) < 4.78 is 1.05. The van der Waals surface area contributed by atoms with E-state index in [1.165, 1.54) is 0 Å². The van der Waals surface area contributed by atoms with Crippen molar-refractivity contribution in [2.24, 2.45) is 11.3 Å². The Kier molecular flexibility index (Phi) is 3.75. The molecule has 2 nitrogen and oxygen atoms in total. The van der Waals surface area contributed by atoms with Gasteiger partial charge < -0.3 is 10.4 Å². The second-order valence-electron chi connectivity index (χ2n) is 6.37. The van der Waals surface area contributed by atoms with E-state index in [0.717, 1.165) is 23.0 Å². The van der Waals surface area contributed by atoms with Crippen LogP contribution in [-0.4, -0.2) is 17.3 Å². The molecule has 2 N–H and O–H groups in total. The van der Waals surface area contributed by atoms with Crippen molar-refractivity contribution < 1.29 is 5.11 Å². The fourth-order valence-electron chi connectivity index (χ4n) is 3.37. The normalized spacial score (nSPS) is 30.4. The number of para-hydroxylation sites is 1. The highest BCUT2D eigenvalue weighted by Gasteiger charge is 2.48. The number of hydrogen-bond donors (Lipinski definition) is 2. The summed E-state index contributed by atoms with van der Waals surface area (Å²) >= 11 is 3.56. The van der Waals surface area contributed by atoms with Crippen LogP contribution in [-0.2, 0) is 0 Å². The number of aliphatic hydroxyl groups excluding tert-OH is 1. The topological polar surface area (TPSA) is 32.3 Å². The number of nitrogens with one attached hydrogen (secondary N) is 1. The van der Waals surface area contributed by atoms with Gasteiger partial charge in [0.05, 0.1) is 12.1 Å². The lowest BCUT2D eigenvalue weighted by atomic mass is 9.86. The van der Waals surface area contributed by atoms with Gasteiger partial charge in [0.1, 0.15) is 0 Å². The molecule has 0 heterocycles. The standard InChI is InChI=1S/C15H22BrNO/c1-11-8-14(2,3)9-15(11,10-18)17-13-7-5-4-6-12(13)16/h4-7,11,17-18H,8-10H2,1-3H3. The molecule has 0 radical (unpaired) electrons. The summed E-state index contributed by atoms with van der Waals surface area (Å²) in [6.07, 6.45) is 2.14. The molecule has 1 aliphatic carbocycles. The SMILES string of the molecule is CC1CC(C)(C)CC1(CO)Nc1ccccc1Br. The van der Waals surface area contributed by atoms with Gasteiger partial charge in [-0.2, -0.15) is 0 Å². The maximum atomic E-state index is 9.89. The number of aliphatic hydroxyl groups is 1. The molecule has 0 bridgehead atoms. The zero-order valence-electron chi connectivity index (χ0n) is 11.3. The molecule has 0 saturated heterocycles. The van der Waals surface area contributed by atoms with Crippen molar-refractivity contribution in [1.82, 2.24) is 0 Å². The van der Waals surface area contributed by atoms with E-state index in [1.807, 2.05) is 18.2 Å². The first-order chi connectivity index (χ1) is 8.38. The Balaban J connectivity index is 2.27. The number of anilines is 1. The molecule has 1 aromatic carbocycles. The smallest absolute Gasteiger partial charge is 0.0664 e. The maximum Gasteiger partial charge on any atom is 0.0664 e. The molecule has 0 amide bonds. The Hall–Kier alpha value is -0.540. The highest BCUT2D eigenvalue weighted by Crippen LogP contribution is 2.49. The number of benzene rings is 1.